The monoisotopic (exact) mass is 268 g/mol. The molecule has 2 saturated carbocycles. The molecule has 3 aliphatic rings. The average molecular weight is 268 g/mol. The first kappa shape index (κ1) is 13.2. The normalized spacial score (nSPS) is 42.7. The van der Waals surface area contributed by atoms with Crippen molar-refractivity contribution in [3.63, 3.8) is 0 Å². The van der Waals surface area contributed by atoms with Gasteiger partial charge >= 0.3 is 0 Å². The first-order valence-electron chi connectivity index (χ1n) is 7.15. The van der Waals surface area contributed by atoms with Crippen LogP contribution >= 0.6 is 0 Å². The van der Waals surface area contributed by atoms with Crippen molar-refractivity contribution >= 4 is 11.6 Å². The molecule has 0 aromatic rings. The van der Waals surface area contributed by atoms with Gasteiger partial charge in [-0.3, -0.25) is 9.59 Å². The minimum absolute atomic E-state index is 0.0291. The number of ketones is 2. The highest BCUT2D eigenvalue weighted by molar-refractivity contribution is 6.40. The van der Waals surface area contributed by atoms with Crippen LogP contribution in [0.3, 0.4) is 0 Å². The van der Waals surface area contributed by atoms with Gasteiger partial charge in [-0.15, -0.1) is 0 Å². The van der Waals surface area contributed by atoms with Gasteiger partial charge in [-0.1, -0.05) is 0 Å². The molecule has 5 nitrogen and oxygen atoms in total. The molecule has 1 heterocycles. The van der Waals surface area contributed by atoms with E-state index < -0.39 is 6.10 Å². The van der Waals surface area contributed by atoms with Gasteiger partial charge in [0.2, 0.25) is 5.78 Å². The molecule has 0 radical (unpaired) electrons. The Morgan fingerprint density at radius 3 is 2.89 bits per heavy atom. The first-order valence-corrected chi connectivity index (χ1v) is 7.15. The van der Waals surface area contributed by atoms with Gasteiger partial charge in [0.15, 0.2) is 12.1 Å². The zero-order valence-corrected chi connectivity index (χ0v) is 10.9. The minimum atomic E-state index is -0.532. The molecule has 5 atom stereocenters. The maximum Gasteiger partial charge on any atom is 0.201 e. The Morgan fingerprint density at radius 1 is 1.32 bits per heavy atom. The van der Waals surface area contributed by atoms with E-state index in [9.17, 15) is 14.7 Å². The van der Waals surface area contributed by atoms with Gasteiger partial charge in [-0.2, -0.15) is 0 Å². The Bertz CT molecular complexity index is 374. The third-order valence-corrected chi connectivity index (χ3v) is 4.70. The van der Waals surface area contributed by atoms with E-state index in [-0.39, 0.29) is 42.0 Å². The van der Waals surface area contributed by atoms with Crippen molar-refractivity contribution < 1.29 is 24.2 Å². The van der Waals surface area contributed by atoms with E-state index in [0.717, 1.165) is 25.9 Å². The number of aliphatic hydroxyl groups excluding tert-OH is 1. The summed E-state index contributed by atoms with van der Waals surface area (Å²) in [5, 5.41) is 10.0. The van der Waals surface area contributed by atoms with Gasteiger partial charge in [0.25, 0.3) is 0 Å². The molecule has 3 rings (SSSR count). The number of carbonyl (C=O) groups is 2. The molecule has 106 valence electrons. The summed E-state index contributed by atoms with van der Waals surface area (Å²) in [7, 11) is 0. The summed E-state index contributed by atoms with van der Waals surface area (Å²) >= 11 is 0. The van der Waals surface area contributed by atoms with Crippen LogP contribution in [0, 0.1) is 17.8 Å². The summed E-state index contributed by atoms with van der Waals surface area (Å²) in [5.74, 6) is -0.978. The van der Waals surface area contributed by atoms with Crippen LogP contribution in [-0.2, 0) is 19.1 Å². The van der Waals surface area contributed by atoms with Crippen LogP contribution < -0.4 is 0 Å². The zero-order chi connectivity index (χ0) is 13.4. The number of fused-ring (bicyclic) bond motifs is 1. The van der Waals surface area contributed by atoms with E-state index in [4.69, 9.17) is 9.47 Å². The van der Waals surface area contributed by atoms with Crippen LogP contribution in [0.1, 0.15) is 32.1 Å². The van der Waals surface area contributed by atoms with Crippen LogP contribution in [0.5, 0.6) is 0 Å². The molecule has 0 amide bonds. The summed E-state index contributed by atoms with van der Waals surface area (Å²) in [6, 6.07) is 0. The van der Waals surface area contributed by atoms with E-state index in [1.807, 2.05) is 0 Å². The smallest absolute Gasteiger partial charge is 0.201 e. The van der Waals surface area contributed by atoms with Crippen LogP contribution in [0.2, 0.25) is 0 Å². The zero-order valence-electron chi connectivity index (χ0n) is 10.9. The summed E-state index contributed by atoms with van der Waals surface area (Å²) < 4.78 is 11.2. The van der Waals surface area contributed by atoms with Gasteiger partial charge in [-0.25, -0.2) is 0 Å². The van der Waals surface area contributed by atoms with Gasteiger partial charge in [0.1, 0.15) is 0 Å². The molecule has 1 aliphatic heterocycles. The molecule has 1 N–H and O–H groups in total. The molecule has 5 heteroatoms. The van der Waals surface area contributed by atoms with Crippen molar-refractivity contribution in [2.45, 2.75) is 44.5 Å². The van der Waals surface area contributed by atoms with E-state index in [0.29, 0.717) is 13.0 Å². The maximum atomic E-state index is 11.7. The highest BCUT2D eigenvalue weighted by Gasteiger charge is 2.52. The lowest BCUT2D eigenvalue weighted by molar-refractivity contribution is -0.175. The molecule has 0 aromatic heterocycles. The Labute approximate surface area is 112 Å². The Hall–Kier alpha value is -0.780. The molecule has 5 unspecified atom stereocenters. The standard InChI is InChI=1S/C14H20O5/c15-11-6-9-8(5-12(16)14(9)17)10(11)7-19-13-3-1-2-4-18-13/h8-11,13,15H,1-7H2. The van der Waals surface area contributed by atoms with Crippen molar-refractivity contribution in [2.24, 2.45) is 17.8 Å². The maximum absolute atomic E-state index is 11.7. The second-order valence-electron chi connectivity index (χ2n) is 5.86. The van der Waals surface area contributed by atoms with Crippen molar-refractivity contribution in [1.82, 2.24) is 0 Å². The average Bonchev–Trinajstić information content (AvgIpc) is 2.86. The number of hydrogen-bond acceptors (Lipinski definition) is 5. The van der Waals surface area contributed by atoms with E-state index in [1.54, 1.807) is 0 Å². The lowest BCUT2D eigenvalue weighted by Gasteiger charge is -2.26. The summed E-state index contributed by atoms with van der Waals surface area (Å²) in [5.41, 5.74) is 0. The van der Waals surface area contributed by atoms with Gasteiger partial charge in [0.05, 0.1) is 12.7 Å². The molecule has 3 fully saturated rings. The third kappa shape index (κ3) is 2.47. The topological polar surface area (TPSA) is 72.8 Å². The van der Waals surface area contributed by atoms with Gasteiger partial charge in [0, 0.05) is 24.9 Å². The Kier molecular flexibility index (Phi) is 3.69. The number of ether oxygens (including phenoxy) is 2. The van der Waals surface area contributed by atoms with Gasteiger partial charge in [-0.05, 0) is 31.6 Å². The van der Waals surface area contributed by atoms with Gasteiger partial charge < -0.3 is 14.6 Å². The number of Topliss-reactive ketones (excluding diaryl/α,β-unsaturated/α-hetero) is 2. The van der Waals surface area contributed by atoms with E-state index in [1.165, 1.54) is 0 Å². The summed E-state index contributed by atoms with van der Waals surface area (Å²) in [6.07, 6.45) is 3.02. The van der Waals surface area contributed by atoms with Crippen molar-refractivity contribution in [1.29, 1.82) is 0 Å². The van der Waals surface area contributed by atoms with Crippen molar-refractivity contribution in [3.8, 4) is 0 Å². The number of aliphatic hydroxyl groups is 1. The van der Waals surface area contributed by atoms with Crippen LogP contribution in [0.15, 0.2) is 0 Å². The Morgan fingerprint density at radius 2 is 2.16 bits per heavy atom. The van der Waals surface area contributed by atoms with Crippen LogP contribution in [0.4, 0.5) is 0 Å². The predicted molar refractivity (Wildman–Crippen MR) is 65.3 cm³/mol. The molecule has 0 bridgehead atoms. The minimum Gasteiger partial charge on any atom is -0.393 e. The molecule has 19 heavy (non-hydrogen) atoms. The van der Waals surface area contributed by atoms with Crippen LogP contribution in [0.25, 0.3) is 0 Å². The fourth-order valence-electron chi connectivity index (χ4n) is 3.61. The molecule has 2 aliphatic carbocycles. The lowest BCUT2D eigenvalue weighted by Crippen LogP contribution is -2.30. The lowest BCUT2D eigenvalue weighted by atomic mass is 9.92. The van der Waals surface area contributed by atoms with Crippen molar-refractivity contribution in [3.05, 3.63) is 0 Å². The van der Waals surface area contributed by atoms with E-state index >= 15 is 0 Å². The number of hydrogen-bond donors (Lipinski definition) is 1. The van der Waals surface area contributed by atoms with Crippen molar-refractivity contribution in [2.75, 3.05) is 13.2 Å². The highest BCUT2D eigenvalue weighted by atomic mass is 16.7. The second-order valence-corrected chi connectivity index (χ2v) is 5.86. The number of rotatable bonds is 3. The highest BCUT2D eigenvalue weighted by Crippen LogP contribution is 2.44. The fourth-order valence-corrected chi connectivity index (χ4v) is 3.61. The third-order valence-electron chi connectivity index (χ3n) is 4.70. The second kappa shape index (κ2) is 5.31. The molecular weight excluding hydrogens is 248 g/mol. The van der Waals surface area contributed by atoms with Crippen LogP contribution in [-0.4, -0.2) is 42.3 Å². The predicted octanol–water partition coefficient (Wildman–Crippen LogP) is 0.685. The molecule has 0 spiro atoms. The number of carbonyl (C=O) groups excluding carboxylic acids is 2. The molecule has 0 aromatic carbocycles. The summed E-state index contributed by atoms with van der Waals surface area (Å²) in [4.78, 5) is 23.1. The molecule has 1 saturated heterocycles. The quantitative estimate of drug-likeness (QED) is 0.762. The molecular formula is C14H20O5. The summed E-state index contributed by atoms with van der Waals surface area (Å²) in [6.45, 7) is 1.11. The van der Waals surface area contributed by atoms with E-state index in [2.05, 4.69) is 0 Å². The SMILES string of the molecule is O=C1CC2C(CC(O)C2COC2CCCCO2)C1=O. The largest absolute Gasteiger partial charge is 0.393 e. The fraction of sp³-hybridized carbons (Fsp3) is 0.857. The Balaban J connectivity index is 1.58. The first-order chi connectivity index (χ1) is 9.16.